The van der Waals surface area contributed by atoms with E-state index < -0.39 is 11.7 Å². The maximum atomic E-state index is 12.9. The van der Waals surface area contributed by atoms with E-state index in [1.165, 1.54) is 17.2 Å². The first kappa shape index (κ1) is 14.6. The smallest absolute Gasteiger partial charge is 0.359 e. The van der Waals surface area contributed by atoms with Gasteiger partial charge in [-0.05, 0) is 12.1 Å². The van der Waals surface area contributed by atoms with Crippen LogP contribution in [0.2, 0.25) is 0 Å². The number of pyridine rings is 1. The molecule has 0 aliphatic carbocycles. The van der Waals surface area contributed by atoms with Gasteiger partial charge in [-0.2, -0.15) is 13.2 Å². The lowest BCUT2D eigenvalue weighted by Crippen LogP contribution is -2.29. The Bertz CT molecular complexity index is 504. The van der Waals surface area contributed by atoms with E-state index in [-0.39, 0.29) is 17.6 Å². The topological polar surface area (TPSA) is 36.4 Å². The van der Waals surface area contributed by atoms with Crippen molar-refractivity contribution in [3.63, 3.8) is 0 Å². The first-order valence-electron chi connectivity index (χ1n) is 6.26. The number of likely N-dealkylation sites (tertiary alicyclic amines) is 1. The Morgan fingerprint density at radius 2 is 2.20 bits per heavy atom. The lowest BCUT2D eigenvalue weighted by Gasteiger charge is -2.24. The molecule has 1 unspecified atom stereocenters. The van der Waals surface area contributed by atoms with E-state index in [1.807, 2.05) is 0 Å². The van der Waals surface area contributed by atoms with E-state index in [1.54, 1.807) is 19.0 Å². The molecule has 1 saturated heterocycles. The number of carbonyl (C=O) groups is 1. The van der Waals surface area contributed by atoms with Gasteiger partial charge in [-0.15, -0.1) is 0 Å². The van der Waals surface area contributed by atoms with E-state index in [0.717, 1.165) is 6.07 Å². The van der Waals surface area contributed by atoms with Gasteiger partial charge in [0.15, 0.2) is 0 Å². The van der Waals surface area contributed by atoms with E-state index in [0.29, 0.717) is 19.5 Å². The van der Waals surface area contributed by atoms with Gasteiger partial charge in [-0.25, -0.2) is 4.98 Å². The predicted octanol–water partition coefficient (Wildman–Crippen LogP) is 2.01. The Kier molecular flexibility index (Phi) is 3.87. The molecule has 1 atom stereocenters. The third-order valence-electron chi connectivity index (χ3n) is 3.41. The Hall–Kier alpha value is -1.79. The van der Waals surface area contributed by atoms with Crippen molar-refractivity contribution in [2.24, 2.45) is 5.92 Å². The fourth-order valence-electron chi connectivity index (χ4n) is 2.47. The van der Waals surface area contributed by atoms with E-state index in [9.17, 15) is 18.0 Å². The summed E-state index contributed by atoms with van der Waals surface area (Å²) in [7, 11) is 3.27. The Morgan fingerprint density at radius 3 is 2.75 bits per heavy atom. The monoisotopic (exact) mass is 287 g/mol. The quantitative estimate of drug-likeness (QED) is 0.853. The van der Waals surface area contributed by atoms with Crippen LogP contribution >= 0.6 is 0 Å². The van der Waals surface area contributed by atoms with Crippen molar-refractivity contribution >= 4 is 11.7 Å². The summed E-state index contributed by atoms with van der Waals surface area (Å²) in [6.45, 7) is 0.938. The normalized spacial score (nSPS) is 19.6. The van der Waals surface area contributed by atoms with Crippen LogP contribution in [0, 0.1) is 5.92 Å². The number of halogens is 3. The fraction of sp³-hybridized carbons (Fsp3) is 0.538. The summed E-state index contributed by atoms with van der Waals surface area (Å²) in [6.07, 6.45) is -2.72. The Labute approximate surface area is 115 Å². The average Bonchev–Trinajstić information content (AvgIpc) is 2.67. The first-order valence-corrected chi connectivity index (χ1v) is 6.26. The lowest BCUT2D eigenvalue weighted by molar-refractivity contribution is -0.137. The highest BCUT2D eigenvalue weighted by Crippen LogP contribution is 2.35. The van der Waals surface area contributed by atoms with E-state index in [2.05, 4.69) is 4.98 Å². The van der Waals surface area contributed by atoms with Crippen molar-refractivity contribution in [1.29, 1.82) is 0 Å². The number of hydrogen-bond donors (Lipinski definition) is 0. The van der Waals surface area contributed by atoms with Crippen LogP contribution in [-0.4, -0.2) is 43.0 Å². The molecular formula is C13H16F3N3O. The third-order valence-corrected chi connectivity index (χ3v) is 3.41. The summed E-state index contributed by atoms with van der Waals surface area (Å²) >= 11 is 0. The van der Waals surface area contributed by atoms with Crippen molar-refractivity contribution in [2.75, 3.05) is 32.1 Å². The number of nitrogens with zero attached hydrogens (tertiary/aromatic N) is 3. The zero-order chi connectivity index (χ0) is 14.9. The fourth-order valence-corrected chi connectivity index (χ4v) is 2.47. The molecule has 2 rings (SSSR count). The second kappa shape index (κ2) is 5.30. The SMILES string of the molecule is CN1CC(CN(C)c2ncccc2C(F)(F)F)CC1=O. The van der Waals surface area contributed by atoms with Crippen LogP contribution in [0.4, 0.5) is 19.0 Å². The van der Waals surface area contributed by atoms with E-state index in [4.69, 9.17) is 0 Å². The molecule has 0 N–H and O–H groups in total. The highest BCUT2D eigenvalue weighted by Gasteiger charge is 2.36. The molecule has 20 heavy (non-hydrogen) atoms. The molecule has 2 heterocycles. The van der Waals surface area contributed by atoms with E-state index >= 15 is 0 Å². The van der Waals surface area contributed by atoms with Crippen molar-refractivity contribution in [1.82, 2.24) is 9.88 Å². The van der Waals surface area contributed by atoms with Crippen molar-refractivity contribution < 1.29 is 18.0 Å². The maximum absolute atomic E-state index is 12.9. The molecule has 1 fully saturated rings. The summed E-state index contributed by atoms with van der Waals surface area (Å²) < 4.78 is 38.8. The Morgan fingerprint density at radius 1 is 1.50 bits per heavy atom. The molecular weight excluding hydrogens is 271 g/mol. The minimum absolute atomic E-state index is 0.0282. The number of aromatic nitrogens is 1. The Balaban J connectivity index is 2.14. The highest BCUT2D eigenvalue weighted by atomic mass is 19.4. The van der Waals surface area contributed by atoms with Gasteiger partial charge in [0.05, 0.1) is 5.56 Å². The number of amides is 1. The standard InChI is InChI=1S/C13H16F3N3O/c1-18-7-9(6-11(18)20)8-19(2)12-10(13(14,15)16)4-3-5-17-12/h3-5,9H,6-8H2,1-2H3. The molecule has 110 valence electrons. The second-order valence-corrected chi connectivity index (χ2v) is 5.10. The summed E-state index contributed by atoms with van der Waals surface area (Å²) in [4.78, 5) is 18.3. The van der Waals surface area contributed by atoms with Gasteiger partial charge in [0.25, 0.3) is 0 Å². The van der Waals surface area contributed by atoms with Gasteiger partial charge in [0, 0.05) is 45.7 Å². The number of anilines is 1. The largest absolute Gasteiger partial charge is 0.419 e. The number of carbonyl (C=O) groups excluding carboxylic acids is 1. The number of hydrogen-bond acceptors (Lipinski definition) is 3. The van der Waals surface area contributed by atoms with Crippen LogP contribution in [0.1, 0.15) is 12.0 Å². The zero-order valence-corrected chi connectivity index (χ0v) is 11.3. The summed E-state index contributed by atoms with van der Waals surface area (Å²) in [5.74, 6) is -0.0388. The molecule has 1 aromatic heterocycles. The average molecular weight is 287 g/mol. The second-order valence-electron chi connectivity index (χ2n) is 5.10. The molecule has 7 heteroatoms. The van der Waals surface area contributed by atoms with Crippen LogP contribution in [0.5, 0.6) is 0 Å². The van der Waals surface area contributed by atoms with Gasteiger partial charge in [0.1, 0.15) is 5.82 Å². The maximum Gasteiger partial charge on any atom is 0.419 e. The molecule has 0 aromatic carbocycles. The number of rotatable bonds is 3. The van der Waals surface area contributed by atoms with Crippen LogP contribution in [0.3, 0.4) is 0 Å². The highest BCUT2D eigenvalue weighted by molar-refractivity contribution is 5.78. The summed E-state index contributed by atoms with van der Waals surface area (Å²) in [5, 5.41) is 0. The van der Waals surface area contributed by atoms with Gasteiger partial charge in [0.2, 0.25) is 5.91 Å². The van der Waals surface area contributed by atoms with Gasteiger partial charge < -0.3 is 9.80 Å². The summed E-state index contributed by atoms with van der Waals surface area (Å²) in [5.41, 5.74) is -0.750. The van der Waals surface area contributed by atoms with Crippen LogP contribution in [0.25, 0.3) is 0 Å². The number of alkyl halides is 3. The molecule has 0 bridgehead atoms. The zero-order valence-electron chi connectivity index (χ0n) is 11.3. The van der Waals surface area contributed by atoms with Crippen LogP contribution in [-0.2, 0) is 11.0 Å². The summed E-state index contributed by atoms with van der Waals surface area (Å²) in [6, 6.07) is 2.29. The third kappa shape index (κ3) is 3.02. The molecule has 1 aliphatic rings. The minimum atomic E-state index is -4.43. The van der Waals surface area contributed by atoms with Crippen molar-refractivity contribution in [2.45, 2.75) is 12.6 Å². The predicted molar refractivity (Wildman–Crippen MR) is 68.3 cm³/mol. The molecule has 4 nitrogen and oxygen atoms in total. The van der Waals surface area contributed by atoms with Crippen molar-refractivity contribution in [3.8, 4) is 0 Å². The lowest BCUT2D eigenvalue weighted by atomic mass is 10.1. The molecule has 0 spiro atoms. The molecule has 0 radical (unpaired) electrons. The molecule has 1 amide bonds. The van der Waals surface area contributed by atoms with Gasteiger partial charge in [-0.3, -0.25) is 4.79 Å². The van der Waals surface area contributed by atoms with Crippen LogP contribution < -0.4 is 4.90 Å². The van der Waals surface area contributed by atoms with Gasteiger partial charge >= 0.3 is 6.18 Å². The molecule has 0 saturated carbocycles. The van der Waals surface area contributed by atoms with Gasteiger partial charge in [-0.1, -0.05) is 0 Å². The first-order chi connectivity index (χ1) is 9.29. The molecule has 1 aromatic rings. The van der Waals surface area contributed by atoms with Crippen LogP contribution in [0.15, 0.2) is 18.3 Å². The van der Waals surface area contributed by atoms with Crippen molar-refractivity contribution in [3.05, 3.63) is 23.9 Å². The molecule has 1 aliphatic heterocycles. The minimum Gasteiger partial charge on any atom is -0.359 e.